The molecule has 384 valence electrons. The molecule has 0 saturated carbocycles. The molecule has 3 aliphatic rings. The molecule has 4 heterocycles. The summed E-state index contributed by atoms with van der Waals surface area (Å²) in [7, 11) is 0.969. The van der Waals surface area contributed by atoms with Crippen molar-refractivity contribution in [2.75, 3.05) is 57.0 Å². The number of ether oxygens (including phenoxy) is 3. The molecule has 2 aromatic carbocycles. The smallest absolute Gasteiger partial charge is 0.411 e. The van der Waals surface area contributed by atoms with E-state index in [2.05, 4.69) is 31.6 Å². The molecule has 23 heteroatoms. The van der Waals surface area contributed by atoms with Gasteiger partial charge >= 0.3 is 12.1 Å². The topological polar surface area (TPSA) is 325 Å². The molecule has 6 rings (SSSR count). The summed E-state index contributed by atoms with van der Waals surface area (Å²) in [6.07, 6.45) is 3.26. The number of imide groups is 1. The number of rotatable bonds is 24. The van der Waals surface area contributed by atoms with Crippen molar-refractivity contribution in [2.45, 2.75) is 75.3 Å². The molecule has 7 amide bonds. The number of aliphatic hydroxyl groups is 3. The number of hydrogen-bond donors (Lipinski definition) is 9. The number of unbranched alkanes of at least 4 members (excludes halogenated alkanes) is 1. The van der Waals surface area contributed by atoms with Gasteiger partial charge in [0.25, 0.3) is 17.7 Å². The number of carbonyl (C=O) groups is 8. The van der Waals surface area contributed by atoms with Crippen LogP contribution in [0, 0.1) is 5.92 Å². The lowest BCUT2D eigenvalue weighted by atomic mass is 9.89. The number of aromatic nitrogens is 1. The van der Waals surface area contributed by atoms with Gasteiger partial charge in [-0.3, -0.25) is 44.0 Å². The number of nitrogens with zero attached hydrogens (tertiary/aromatic N) is 3. The van der Waals surface area contributed by atoms with Gasteiger partial charge in [-0.1, -0.05) is 31.0 Å². The quantitative estimate of drug-likeness (QED) is 0.0261. The number of carbonyl (C=O) groups excluding carboxylic acids is 7. The van der Waals surface area contributed by atoms with Gasteiger partial charge in [0.1, 0.15) is 24.6 Å². The number of carboxylic acid groups (broad SMARTS) is 1. The third kappa shape index (κ3) is 14.3. The number of benzene rings is 2. The second-order valence-corrected chi connectivity index (χ2v) is 17.3. The van der Waals surface area contributed by atoms with Gasteiger partial charge in [-0.05, 0) is 78.8 Å². The molecule has 72 heavy (non-hydrogen) atoms. The Balaban J connectivity index is 0.991. The van der Waals surface area contributed by atoms with Crippen LogP contribution in [0.2, 0.25) is 0 Å². The highest BCUT2D eigenvalue weighted by atomic mass is 16.6. The number of aliphatic carboxylic acids is 1. The first-order chi connectivity index (χ1) is 34.6. The Hall–Kier alpha value is -7.57. The molecule has 23 nitrogen and oxygen atoms in total. The number of anilines is 2. The first kappa shape index (κ1) is 53.8. The summed E-state index contributed by atoms with van der Waals surface area (Å²) < 4.78 is 15.6. The van der Waals surface area contributed by atoms with Crippen molar-refractivity contribution in [3.8, 4) is 5.75 Å². The maximum absolute atomic E-state index is 13.5. The fraction of sp³-hybridized carbons (Fsp3) is 0.408. The van der Waals surface area contributed by atoms with Crippen molar-refractivity contribution in [3.63, 3.8) is 0 Å². The molecule has 2 fully saturated rings. The van der Waals surface area contributed by atoms with E-state index < -0.39 is 65.8 Å². The van der Waals surface area contributed by atoms with Crippen molar-refractivity contribution in [2.24, 2.45) is 5.92 Å². The molecule has 0 radical (unpaired) electrons. The summed E-state index contributed by atoms with van der Waals surface area (Å²) in [5, 5.41) is 54.3. The Kier molecular flexibility index (Phi) is 19.1. The number of hydrogen-bond acceptors (Lipinski definition) is 16. The summed E-state index contributed by atoms with van der Waals surface area (Å²) in [6.45, 7) is 1.09. The summed E-state index contributed by atoms with van der Waals surface area (Å²) in [4.78, 5) is 108. The van der Waals surface area contributed by atoms with Crippen LogP contribution < -0.4 is 31.3 Å². The average molecular weight is 999 g/mol. The average Bonchev–Trinajstić information content (AvgIpc) is 3.69. The van der Waals surface area contributed by atoms with Crippen LogP contribution in [0.3, 0.4) is 0 Å². The van der Waals surface area contributed by atoms with Gasteiger partial charge in [0, 0.05) is 94.7 Å². The number of piperidine rings is 1. The summed E-state index contributed by atoms with van der Waals surface area (Å²) in [5.41, 5.74) is 0.144. The van der Waals surface area contributed by atoms with Gasteiger partial charge in [-0.2, -0.15) is 0 Å². The number of nitrogens with one attached hydrogen (secondary N) is 5. The standard InChI is InChI=1S/C49H58N8O15/c1-70-43(45(65)66)41(62)42(63)46(67)72-36-12-10-32(24-35(36)55-38(59)16-21-53-47(68)49(28-51-29-49)57-39(60)14-15-40(57)61)27-71-48(69)54-34-9-4-8-33(25-34)44(64)56-22-17-30(18-23-56)6-2-3-20-52-37(58)13-11-31-7-5-19-50-26-31/h4-5,7-15,19,24-26,30,41-43,46,51,62-63,67H,2-3,6,16-18,20-23,27-29H2,1H3,(H,52,58)(H,53,68)(H,54,69)(H,55,59)(H,65,66)/b13-11+/t41?,42-,43?,46+/m0/s1. The predicted octanol–water partition coefficient (Wildman–Crippen LogP) is 0.913. The van der Waals surface area contributed by atoms with E-state index in [0.717, 1.165) is 61.8 Å². The molecule has 3 aliphatic heterocycles. The van der Waals surface area contributed by atoms with Crippen molar-refractivity contribution < 1.29 is 73.0 Å². The van der Waals surface area contributed by atoms with Gasteiger partial charge < -0.3 is 60.8 Å². The molecule has 4 atom stereocenters. The van der Waals surface area contributed by atoms with E-state index in [9.17, 15) is 58.8 Å². The van der Waals surface area contributed by atoms with Gasteiger partial charge in [0.2, 0.25) is 24.0 Å². The van der Waals surface area contributed by atoms with Gasteiger partial charge in [-0.25, -0.2) is 9.59 Å². The third-order valence-electron chi connectivity index (χ3n) is 12.2. The highest BCUT2D eigenvalue weighted by molar-refractivity contribution is 6.16. The Morgan fingerprint density at radius 2 is 1.65 bits per heavy atom. The lowest BCUT2D eigenvalue weighted by Crippen LogP contribution is -2.76. The minimum Gasteiger partial charge on any atom is -0.479 e. The van der Waals surface area contributed by atoms with Crippen LogP contribution in [0.5, 0.6) is 5.75 Å². The van der Waals surface area contributed by atoms with Crippen LogP contribution in [-0.4, -0.2) is 159 Å². The maximum Gasteiger partial charge on any atom is 0.411 e. The van der Waals surface area contributed by atoms with Gasteiger partial charge in [0.15, 0.2) is 11.6 Å². The molecule has 1 aromatic heterocycles. The predicted molar refractivity (Wildman–Crippen MR) is 255 cm³/mol. The fourth-order valence-corrected chi connectivity index (χ4v) is 8.19. The molecular weight excluding hydrogens is 941 g/mol. The number of aliphatic hydroxyl groups excluding tert-OH is 3. The van der Waals surface area contributed by atoms with E-state index in [-0.39, 0.29) is 67.2 Å². The van der Waals surface area contributed by atoms with E-state index in [1.807, 2.05) is 6.07 Å². The molecule has 3 aromatic rings. The second kappa shape index (κ2) is 25.5. The van der Waals surface area contributed by atoms with E-state index in [0.29, 0.717) is 31.1 Å². The largest absolute Gasteiger partial charge is 0.479 e. The highest BCUT2D eigenvalue weighted by Crippen LogP contribution is 2.30. The Labute approximate surface area is 413 Å². The lowest BCUT2D eigenvalue weighted by Gasteiger charge is -2.46. The molecule has 2 unspecified atom stereocenters. The zero-order valence-corrected chi connectivity index (χ0v) is 39.4. The molecule has 9 N–H and O–H groups in total. The van der Waals surface area contributed by atoms with Crippen molar-refractivity contribution in [1.82, 2.24) is 30.7 Å². The summed E-state index contributed by atoms with van der Waals surface area (Å²) >= 11 is 0. The number of amides is 7. The molecule has 0 bridgehead atoms. The number of carboxylic acids is 1. The zero-order valence-electron chi connectivity index (χ0n) is 39.4. The summed E-state index contributed by atoms with van der Waals surface area (Å²) in [6, 6.07) is 14.0. The van der Waals surface area contributed by atoms with Crippen LogP contribution >= 0.6 is 0 Å². The van der Waals surface area contributed by atoms with Gasteiger partial charge in [-0.15, -0.1) is 0 Å². The molecule has 0 spiro atoms. The minimum absolute atomic E-state index is 0.00534. The number of pyridine rings is 1. The first-order valence-corrected chi connectivity index (χ1v) is 23.2. The van der Waals surface area contributed by atoms with E-state index in [1.165, 1.54) is 30.3 Å². The van der Waals surface area contributed by atoms with Crippen molar-refractivity contribution >= 4 is 65.0 Å². The molecule has 2 saturated heterocycles. The summed E-state index contributed by atoms with van der Waals surface area (Å²) in [5.74, 6) is -4.50. The lowest BCUT2D eigenvalue weighted by molar-refractivity contribution is -0.184. The molecular formula is C49H58N8O15. The first-order valence-electron chi connectivity index (χ1n) is 23.2. The minimum atomic E-state index is -2.26. The highest BCUT2D eigenvalue weighted by Gasteiger charge is 2.54. The molecule has 0 aliphatic carbocycles. The normalized spacial score (nSPS) is 17.1. The second-order valence-electron chi connectivity index (χ2n) is 17.3. The van der Waals surface area contributed by atoms with Crippen LogP contribution in [0.4, 0.5) is 16.2 Å². The van der Waals surface area contributed by atoms with Crippen molar-refractivity contribution in [3.05, 3.63) is 102 Å². The monoisotopic (exact) mass is 998 g/mol. The third-order valence-corrected chi connectivity index (χ3v) is 12.2. The van der Waals surface area contributed by atoms with E-state index in [4.69, 9.17) is 14.2 Å². The van der Waals surface area contributed by atoms with E-state index >= 15 is 0 Å². The Morgan fingerprint density at radius 1 is 0.903 bits per heavy atom. The SMILES string of the molecule is COC(C(=O)O)C(O)[C@H](O)[C@H](O)Oc1ccc(COC(=O)Nc2cccc(C(=O)N3CCC(CCCCNC(=O)/C=C/c4cccnc4)CC3)c2)cc1NC(=O)CCNC(=O)C1(N2C(=O)C=CC2=O)CNC1. The Bertz CT molecular complexity index is 2490. The van der Waals surface area contributed by atoms with Crippen LogP contribution in [-0.2, 0) is 44.8 Å². The maximum atomic E-state index is 13.5. The van der Waals surface area contributed by atoms with Crippen LogP contribution in [0.1, 0.15) is 60.0 Å². The van der Waals surface area contributed by atoms with Crippen molar-refractivity contribution in [1.29, 1.82) is 0 Å². The van der Waals surface area contributed by atoms with Crippen LogP contribution in [0.15, 0.2) is 85.2 Å². The zero-order chi connectivity index (χ0) is 51.8. The fourth-order valence-electron chi connectivity index (χ4n) is 8.19. The number of likely N-dealkylation sites (tertiary alicyclic amines) is 1. The van der Waals surface area contributed by atoms with Gasteiger partial charge in [0.05, 0.1) is 5.69 Å². The van der Waals surface area contributed by atoms with Crippen LogP contribution in [0.25, 0.3) is 6.08 Å². The van der Waals surface area contributed by atoms with E-state index in [1.54, 1.807) is 47.6 Å². The Morgan fingerprint density at radius 3 is 2.32 bits per heavy atom. The number of methoxy groups -OCH3 is 1.